The summed E-state index contributed by atoms with van der Waals surface area (Å²) in [5.41, 5.74) is -1.59. The number of nitrogens with zero attached hydrogens (tertiary/aromatic N) is 1. The minimum atomic E-state index is -2.20. The number of ether oxygens (including phenoxy) is 5. The summed E-state index contributed by atoms with van der Waals surface area (Å²) < 4.78 is 34.1. The maximum absolute atomic E-state index is 14.1. The van der Waals surface area contributed by atoms with E-state index in [9.17, 15) is 19.8 Å². The topological polar surface area (TPSA) is 137 Å². The highest BCUT2D eigenvalue weighted by atomic mass is 16.7. The lowest BCUT2D eigenvalue weighted by atomic mass is 9.77. The third-order valence-corrected chi connectivity index (χ3v) is 9.35. The van der Waals surface area contributed by atoms with Crippen molar-refractivity contribution in [2.45, 2.75) is 94.2 Å². The zero-order chi connectivity index (χ0) is 31.1. The van der Waals surface area contributed by atoms with Gasteiger partial charge in [-0.2, -0.15) is 0 Å². The quantitative estimate of drug-likeness (QED) is 0.360. The molecular weight excluding hydrogens is 570 g/mol. The zero-order valence-electron chi connectivity index (χ0n) is 25.5. The van der Waals surface area contributed by atoms with Crippen LogP contribution < -0.4 is 9.47 Å². The average Bonchev–Trinajstić information content (AvgIpc) is 3.77. The van der Waals surface area contributed by atoms with Crippen LogP contribution in [0.15, 0.2) is 46.8 Å². The number of furan rings is 1. The van der Waals surface area contributed by atoms with E-state index >= 15 is 0 Å². The predicted molar refractivity (Wildman–Crippen MR) is 156 cm³/mol. The lowest BCUT2D eigenvalue weighted by molar-refractivity contribution is -0.179. The summed E-state index contributed by atoms with van der Waals surface area (Å²) in [7, 11) is 1.55. The van der Waals surface area contributed by atoms with Crippen molar-refractivity contribution in [1.29, 1.82) is 0 Å². The molecule has 2 N–H and O–H groups in total. The van der Waals surface area contributed by atoms with Gasteiger partial charge in [0.05, 0.1) is 36.9 Å². The highest BCUT2D eigenvalue weighted by Gasteiger charge is 2.59. The molecule has 6 rings (SSSR count). The molecular formula is C33H41NO10. The van der Waals surface area contributed by atoms with Crippen LogP contribution in [0.4, 0.5) is 0 Å². The number of rotatable bonds is 11. The molecule has 1 spiro atoms. The van der Waals surface area contributed by atoms with Gasteiger partial charge in [-0.25, -0.2) is 4.79 Å². The fraction of sp³-hybridized carbons (Fsp3) is 0.576. The molecule has 1 fully saturated rings. The summed E-state index contributed by atoms with van der Waals surface area (Å²) in [5, 5.41) is 22.1. The standard InChI is InChI=1S/C33H41NO10/c1-31(2,37)9-5-11-33(38,18-27(35)41-19-22-7-4-14-40-22)30(36)44-29-26(39-3)17-32-10-6-12-34(32)13-8-21-15-24-25(43-20-42-24)16-23(21)28(29)32/h4,7,14-17,28-29,37-38H,5-6,8-13,18-20H2,1-3H3/t28-,29?,32+,33?/m1/s1. The van der Waals surface area contributed by atoms with Gasteiger partial charge in [-0.05, 0) is 100 Å². The maximum atomic E-state index is 14.1. The van der Waals surface area contributed by atoms with E-state index in [1.807, 2.05) is 12.1 Å². The first-order valence-electron chi connectivity index (χ1n) is 15.3. The minimum Gasteiger partial charge on any atom is -0.497 e. The third-order valence-electron chi connectivity index (χ3n) is 9.35. The molecule has 1 aromatic carbocycles. The SMILES string of the molecule is COC1=C[C@]23CCCN2CCc2cc4c(cc2[C@@H]3C1OC(=O)C(O)(CCCC(C)(C)O)CC(=O)OCc1ccco1)OCO4. The third kappa shape index (κ3) is 5.80. The zero-order valence-corrected chi connectivity index (χ0v) is 25.5. The van der Waals surface area contributed by atoms with Crippen molar-refractivity contribution in [3.05, 3.63) is 59.3 Å². The van der Waals surface area contributed by atoms with E-state index in [-0.39, 0.29) is 32.2 Å². The minimum absolute atomic E-state index is 0.109. The Morgan fingerprint density at radius 3 is 2.66 bits per heavy atom. The van der Waals surface area contributed by atoms with Crippen molar-refractivity contribution < 1.29 is 47.9 Å². The van der Waals surface area contributed by atoms with Gasteiger partial charge in [-0.15, -0.1) is 0 Å². The summed E-state index contributed by atoms with van der Waals surface area (Å²) in [6, 6.07) is 7.34. The molecule has 0 saturated carbocycles. The summed E-state index contributed by atoms with van der Waals surface area (Å²) in [5.74, 6) is 0.228. The summed E-state index contributed by atoms with van der Waals surface area (Å²) >= 11 is 0. The van der Waals surface area contributed by atoms with Gasteiger partial charge >= 0.3 is 11.9 Å². The molecule has 0 radical (unpaired) electrons. The fourth-order valence-corrected chi connectivity index (χ4v) is 7.23. The Balaban J connectivity index is 1.30. The van der Waals surface area contributed by atoms with E-state index in [1.165, 1.54) is 6.26 Å². The van der Waals surface area contributed by atoms with Crippen molar-refractivity contribution in [1.82, 2.24) is 4.90 Å². The highest BCUT2D eigenvalue weighted by molar-refractivity contribution is 5.86. The number of methoxy groups -OCH3 is 1. The van der Waals surface area contributed by atoms with Gasteiger partial charge in [-0.1, -0.05) is 0 Å². The van der Waals surface area contributed by atoms with E-state index in [4.69, 9.17) is 28.1 Å². The average molecular weight is 612 g/mol. The summed E-state index contributed by atoms with van der Waals surface area (Å²) in [4.78, 5) is 29.4. The van der Waals surface area contributed by atoms with Crippen LogP contribution in [0.3, 0.4) is 0 Å². The Hall–Kier alpha value is -3.54. The van der Waals surface area contributed by atoms with Crippen LogP contribution in [-0.2, 0) is 36.8 Å². The molecule has 4 atom stereocenters. The Bertz CT molecular complexity index is 1410. The lowest BCUT2D eigenvalue weighted by Crippen LogP contribution is -2.49. The molecule has 238 valence electrons. The number of carbonyl (C=O) groups is 2. The first-order valence-corrected chi connectivity index (χ1v) is 15.3. The first kappa shape index (κ1) is 30.5. The van der Waals surface area contributed by atoms with Gasteiger partial charge in [0.15, 0.2) is 23.2 Å². The molecule has 0 amide bonds. The van der Waals surface area contributed by atoms with E-state index < -0.39 is 41.2 Å². The molecule has 1 aliphatic carbocycles. The molecule has 4 heterocycles. The molecule has 1 aromatic heterocycles. The van der Waals surface area contributed by atoms with Gasteiger partial charge in [0.25, 0.3) is 0 Å². The van der Waals surface area contributed by atoms with Crippen LogP contribution >= 0.6 is 0 Å². The molecule has 1 saturated heterocycles. The summed E-state index contributed by atoms with van der Waals surface area (Å²) in [6.07, 6.45) is 5.16. The number of fused-ring (bicyclic) bond motifs is 3. The van der Waals surface area contributed by atoms with E-state index in [0.29, 0.717) is 29.4 Å². The van der Waals surface area contributed by atoms with Crippen molar-refractivity contribution in [3.63, 3.8) is 0 Å². The van der Waals surface area contributed by atoms with Gasteiger partial charge in [0, 0.05) is 6.54 Å². The number of carbonyl (C=O) groups excluding carboxylic acids is 2. The Morgan fingerprint density at radius 2 is 1.93 bits per heavy atom. The van der Waals surface area contributed by atoms with Crippen molar-refractivity contribution in [2.24, 2.45) is 0 Å². The highest BCUT2D eigenvalue weighted by Crippen LogP contribution is 2.55. The van der Waals surface area contributed by atoms with Crippen LogP contribution in [0.5, 0.6) is 11.5 Å². The van der Waals surface area contributed by atoms with Crippen LogP contribution in [-0.4, -0.2) is 76.9 Å². The number of esters is 2. The van der Waals surface area contributed by atoms with Gasteiger partial charge in [-0.3, -0.25) is 9.69 Å². The number of aliphatic hydroxyl groups is 2. The van der Waals surface area contributed by atoms with Gasteiger partial charge in [0.2, 0.25) is 6.79 Å². The molecule has 4 aliphatic rings. The van der Waals surface area contributed by atoms with Crippen molar-refractivity contribution >= 4 is 11.9 Å². The first-order chi connectivity index (χ1) is 21.0. The van der Waals surface area contributed by atoms with Gasteiger partial charge < -0.3 is 38.3 Å². The lowest BCUT2D eigenvalue weighted by Gasteiger charge is -2.39. The normalized spacial score (nSPS) is 25.2. The van der Waals surface area contributed by atoms with Crippen LogP contribution in [0.1, 0.15) is 75.2 Å². The van der Waals surface area contributed by atoms with Crippen LogP contribution in [0.25, 0.3) is 0 Å². The summed E-state index contributed by atoms with van der Waals surface area (Å²) in [6.45, 7) is 5.03. The Kier molecular flexibility index (Phi) is 8.15. The fourth-order valence-electron chi connectivity index (χ4n) is 7.23. The molecule has 3 aliphatic heterocycles. The predicted octanol–water partition coefficient (Wildman–Crippen LogP) is 3.74. The maximum Gasteiger partial charge on any atom is 0.339 e. The van der Waals surface area contributed by atoms with Crippen LogP contribution in [0.2, 0.25) is 0 Å². The second-order valence-electron chi connectivity index (χ2n) is 12.9. The molecule has 2 aromatic rings. The largest absolute Gasteiger partial charge is 0.497 e. The van der Waals surface area contributed by atoms with Crippen molar-refractivity contribution in [3.8, 4) is 11.5 Å². The Labute approximate surface area is 256 Å². The van der Waals surface area contributed by atoms with E-state index in [1.54, 1.807) is 33.1 Å². The van der Waals surface area contributed by atoms with E-state index in [2.05, 4.69) is 11.0 Å². The second kappa shape index (κ2) is 11.8. The number of hydrogen-bond donors (Lipinski definition) is 2. The smallest absolute Gasteiger partial charge is 0.339 e. The van der Waals surface area contributed by atoms with Crippen LogP contribution in [0, 0.1) is 0 Å². The molecule has 44 heavy (non-hydrogen) atoms. The van der Waals surface area contributed by atoms with E-state index in [0.717, 1.165) is 43.5 Å². The molecule has 11 heteroatoms. The second-order valence-corrected chi connectivity index (χ2v) is 12.9. The molecule has 11 nitrogen and oxygen atoms in total. The number of hydrogen-bond acceptors (Lipinski definition) is 11. The number of benzene rings is 1. The molecule has 0 bridgehead atoms. The Morgan fingerprint density at radius 1 is 1.14 bits per heavy atom. The van der Waals surface area contributed by atoms with Crippen molar-refractivity contribution in [2.75, 3.05) is 27.0 Å². The van der Waals surface area contributed by atoms with Gasteiger partial charge in [0.1, 0.15) is 18.1 Å². The monoisotopic (exact) mass is 611 g/mol. The molecule has 2 unspecified atom stereocenters.